The van der Waals surface area contributed by atoms with Gasteiger partial charge in [0.05, 0.1) is 26.4 Å². The van der Waals surface area contributed by atoms with Gasteiger partial charge in [-0.25, -0.2) is 0 Å². The van der Waals surface area contributed by atoms with Gasteiger partial charge in [0.25, 0.3) is 0 Å². The van der Waals surface area contributed by atoms with Gasteiger partial charge in [0.2, 0.25) is 0 Å². The molecule has 4 bridgehead atoms. The molecule has 7 nitrogen and oxygen atoms in total. The highest BCUT2D eigenvalue weighted by atomic mass is 16.6. The lowest BCUT2D eigenvalue weighted by Crippen LogP contribution is -2.56. The Kier molecular flexibility index (Phi) is 6.84. The van der Waals surface area contributed by atoms with Crippen molar-refractivity contribution < 1.29 is 33.2 Å². The van der Waals surface area contributed by atoms with Crippen LogP contribution in [0.1, 0.15) is 63.5 Å². The second-order valence-corrected chi connectivity index (χ2v) is 14.3. The Morgan fingerprint density at radius 2 is 1.12 bits per heavy atom. The zero-order chi connectivity index (χ0) is 28.3. The third kappa shape index (κ3) is 5.60. The van der Waals surface area contributed by atoms with Gasteiger partial charge in [-0.05, 0) is 68.4 Å². The maximum absolute atomic E-state index is 6.53. The second-order valence-electron chi connectivity index (χ2n) is 14.3. The molecule has 42 heavy (non-hydrogen) atoms. The highest BCUT2D eigenvalue weighted by Crippen LogP contribution is 2.68. The van der Waals surface area contributed by atoms with E-state index in [0.717, 1.165) is 49.2 Å². The molecule has 3 heterocycles. The van der Waals surface area contributed by atoms with Crippen molar-refractivity contribution in [1.82, 2.24) is 0 Å². The minimum absolute atomic E-state index is 0.0750. The molecule has 0 aromatic heterocycles. The highest BCUT2D eigenvalue weighted by molar-refractivity contribution is 5.51. The summed E-state index contributed by atoms with van der Waals surface area (Å²) < 4.78 is 41.7. The van der Waals surface area contributed by atoms with Gasteiger partial charge >= 0.3 is 0 Å². The molecule has 0 N–H and O–H groups in total. The van der Waals surface area contributed by atoms with Gasteiger partial charge in [0, 0.05) is 34.1 Å². The maximum atomic E-state index is 6.53. The summed E-state index contributed by atoms with van der Waals surface area (Å²) in [5.74, 6) is 5.57. The summed E-state index contributed by atoms with van der Waals surface area (Å²) in [6, 6.07) is 13.2. The number of epoxide rings is 3. The van der Waals surface area contributed by atoms with Gasteiger partial charge in [-0.1, -0.05) is 26.0 Å². The Morgan fingerprint density at radius 3 is 1.57 bits per heavy atom. The summed E-state index contributed by atoms with van der Waals surface area (Å²) in [5.41, 5.74) is 2.86. The van der Waals surface area contributed by atoms with Gasteiger partial charge < -0.3 is 33.2 Å². The zero-order valence-electron chi connectivity index (χ0n) is 25.0. The van der Waals surface area contributed by atoms with Crippen molar-refractivity contribution >= 4 is 0 Å². The normalized spacial score (nSPS) is 35.3. The Balaban J connectivity index is 1.13. The molecular weight excluding hydrogens is 532 g/mol. The molecule has 3 saturated heterocycles. The van der Waals surface area contributed by atoms with Gasteiger partial charge in [0.1, 0.15) is 61.1 Å². The van der Waals surface area contributed by atoms with Crippen molar-refractivity contribution in [3.05, 3.63) is 47.5 Å². The average Bonchev–Trinajstić information content (AvgIpc) is 3.82. The van der Waals surface area contributed by atoms with Crippen LogP contribution in [0.3, 0.4) is 0 Å². The first-order valence-corrected chi connectivity index (χ1v) is 16.1. The largest absolute Gasteiger partial charge is 0.493 e. The number of ether oxygens (including phenoxy) is 7. The first-order chi connectivity index (χ1) is 20.5. The number of hydrogen-bond acceptors (Lipinski definition) is 7. The predicted octanol–water partition coefficient (Wildman–Crippen LogP) is 5.84. The molecule has 226 valence electrons. The third-order valence-corrected chi connectivity index (χ3v) is 10.2. The van der Waals surface area contributed by atoms with Gasteiger partial charge in [0.15, 0.2) is 0 Å². The molecule has 9 rings (SSSR count). The first kappa shape index (κ1) is 27.1. The standard InChI is InChI=1S/C35H44O7/c1-22(2)14-36-25-3-5-30(32(8-25)41-19-28-17-39-28)34-10-23-7-24(11-34)13-35(12-23,21-34)31-6-4-26(37-15-27-16-38-27)9-33(31)42-20-29-18-40-29/h3-6,8-9,22-24,27-29H,7,10-21H2,1-2H3. The molecule has 2 aromatic rings. The summed E-state index contributed by atoms with van der Waals surface area (Å²) in [4.78, 5) is 0. The van der Waals surface area contributed by atoms with E-state index in [0.29, 0.717) is 44.2 Å². The molecule has 3 aliphatic heterocycles. The van der Waals surface area contributed by atoms with Crippen LogP contribution < -0.4 is 18.9 Å². The first-order valence-electron chi connectivity index (χ1n) is 16.1. The monoisotopic (exact) mass is 576 g/mol. The maximum Gasteiger partial charge on any atom is 0.126 e. The van der Waals surface area contributed by atoms with Crippen molar-refractivity contribution in [2.45, 2.75) is 81.5 Å². The molecule has 5 atom stereocenters. The second kappa shape index (κ2) is 10.6. The van der Waals surface area contributed by atoms with Crippen LogP contribution in [0.15, 0.2) is 36.4 Å². The molecule has 7 aliphatic rings. The van der Waals surface area contributed by atoms with E-state index in [4.69, 9.17) is 33.2 Å². The van der Waals surface area contributed by atoms with E-state index in [1.165, 1.54) is 43.2 Å². The summed E-state index contributed by atoms with van der Waals surface area (Å²) in [6.45, 7) is 9.21. The van der Waals surface area contributed by atoms with E-state index in [2.05, 4.69) is 50.2 Å². The Bertz CT molecular complexity index is 1190. The molecule has 7 fully saturated rings. The van der Waals surface area contributed by atoms with Gasteiger partial charge in [-0.15, -0.1) is 0 Å². The van der Waals surface area contributed by atoms with Crippen molar-refractivity contribution in [3.63, 3.8) is 0 Å². The molecule has 7 heteroatoms. The fourth-order valence-corrected chi connectivity index (χ4v) is 8.50. The molecule has 5 unspecified atom stereocenters. The van der Waals surface area contributed by atoms with Crippen LogP contribution >= 0.6 is 0 Å². The molecule has 0 spiro atoms. The van der Waals surface area contributed by atoms with Gasteiger partial charge in [-0.3, -0.25) is 0 Å². The van der Waals surface area contributed by atoms with E-state index in [1.54, 1.807) is 0 Å². The molecule has 0 radical (unpaired) electrons. The summed E-state index contributed by atoms with van der Waals surface area (Å²) in [6.07, 6.45) is 7.98. The number of rotatable bonds is 14. The lowest BCUT2D eigenvalue weighted by atomic mass is 9.41. The van der Waals surface area contributed by atoms with Crippen LogP contribution in [0.4, 0.5) is 0 Å². The summed E-state index contributed by atoms with van der Waals surface area (Å²) >= 11 is 0. The van der Waals surface area contributed by atoms with E-state index in [9.17, 15) is 0 Å². The lowest BCUT2D eigenvalue weighted by Gasteiger charge is -2.63. The summed E-state index contributed by atoms with van der Waals surface area (Å²) in [5, 5.41) is 0. The minimum atomic E-state index is 0.0750. The van der Waals surface area contributed by atoms with E-state index < -0.39 is 0 Å². The van der Waals surface area contributed by atoms with Crippen LogP contribution in [0, 0.1) is 17.8 Å². The highest BCUT2D eigenvalue weighted by Gasteiger charge is 2.60. The minimum Gasteiger partial charge on any atom is -0.493 e. The predicted molar refractivity (Wildman–Crippen MR) is 157 cm³/mol. The van der Waals surface area contributed by atoms with Crippen LogP contribution in [-0.2, 0) is 25.0 Å². The number of benzene rings is 2. The third-order valence-electron chi connectivity index (χ3n) is 10.2. The topological polar surface area (TPSA) is 74.5 Å². The molecular formula is C35H44O7. The van der Waals surface area contributed by atoms with Crippen LogP contribution in [-0.4, -0.2) is 64.6 Å². The zero-order valence-corrected chi connectivity index (χ0v) is 25.0. The van der Waals surface area contributed by atoms with Gasteiger partial charge in [-0.2, -0.15) is 0 Å². The fraction of sp³-hybridized carbons (Fsp3) is 0.657. The van der Waals surface area contributed by atoms with Crippen LogP contribution in [0.25, 0.3) is 0 Å². The van der Waals surface area contributed by atoms with E-state index in [1.807, 2.05) is 0 Å². The van der Waals surface area contributed by atoms with Crippen LogP contribution in [0.5, 0.6) is 23.0 Å². The van der Waals surface area contributed by atoms with Crippen molar-refractivity contribution in [2.75, 3.05) is 46.2 Å². The molecule has 4 aliphatic carbocycles. The van der Waals surface area contributed by atoms with Crippen LogP contribution in [0.2, 0.25) is 0 Å². The van der Waals surface area contributed by atoms with Crippen molar-refractivity contribution in [2.24, 2.45) is 17.8 Å². The lowest BCUT2D eigenvalue weighted by molar-refractivity contribution is -0.0302. The van der Waals surface area contributed by atoms with E-state index >= 15 is 0 Å². The quantitative estimate of drug-likeness (QED) is 0.262. The van der Waals surface area contributed by atoms with E-state index in [-0.39, 0.29) is 29.1 Å². The smallest absolute Gasteiger partial charge is 0.126 e. The van der Waals surface area contributed by atoms with Crippen molar-refractivity contribution in [3.8, 4) is 23.0 Å². The Hall–Kier alpha value is -2.48. The summed E-state index contributed by atoms with van der Waals surface area (Å²) in [7, 11) is 0. The average molecular weight is 577 g/mol. The fourth-order valence-electron chi connectivity index (χ4n) is 8.50. The molecule has 2 aromatic carbocycles. The molecule has 4 saturated carbocycles. The Morgan fingerprint density at radius 1 is 0.667 bits per heavy atom. The number of hydrogen-bond donors (Lipinski definition) is 0. The Labute approximate surface area is 249 Å². The molecule has 0 amide bonds. The van der Waals surface area contributed by atoms with Crippen molar-refractivity contribution in [1.29, 1.82) is 0 Å². The SMILES string of the molecule is CC(C)COc1ccc(C23CC4CC(C2)CC(c2ccc(OCC5CO5)cc2OCC2CO2)(C4)C3)c(OCC2CO2)c1.